The highest BCUT2D eigenvalue weighted by Gasteiger charge is 2.13. The highest BCUT2D eigenvalue weighted by molar-refractivity contribution is 5.98. The highest BCUT2D eigenvalue weighted by atomic mass is 16.5. The Labute approximate surface area is 168 Å². The van der Waals surface area contributed by atoms with Crippen LogP contribution in [-0.4, -0.2) is 18.9 Å². The predicted octanol–water partition coefficient (Wildman–Crippen LogP) is 6.22. The standard InChI is InChI=1S/C24H32O4/c1-17(2)9-7-10-18(3)11-8-12-19(4)15-24(26)28-23-16-21(27-6)13-14-22(23)20(5)25/h9,11,13-16H,7-8,10,12H2,1-6H3/b18-11+,19-15+. The van der Waals surface area contributed by atoms with Gasteiger partial charge in [-0.3, -0.25) is 4.79 Å². The highest BCUT2D eigenvalue weighted by Crippen LogP contribution is 2.25. The van der Waals surface area contributed by atoms with Crippen molar-refractivity contribution in [2.24, 2.45) is 0 Å². The number of benzene rings is 1. The summed E-state index contributed by atoms with van der Waals surface area (Å²) in [5, 5.41) is 0. The van der Waals surface area contributed by atoms with Crippen molar-refractivity contribution in [2.45, 2.75) is 60.3 Å². The number of allylic oxidation sites excluding steroid dienone is 5. The number of Topliss-reactive ketones (excluding diaryl/α,β-unsaturated/α-hetero) is 1. The number of ketones is 1. The quantitative estimate of drug-likeness (QED) is 0.158. The molecule has 0 bridgehead atoms. The Hall–Kier alpha value is -2.62. The van der Waals surface area contributed by atoms with Gasteiger partial charge in [0.15, 0.2) is 5.78 Å². The van der Waals surface area contributed by atoms with Crippen LogP contribution in [0.25, 0.3) is 0 Å². The van der Waals surface area contributed by atoms with Crippen molar-refractivity contribution in [2.75, 3.05) is 7.11 Å². The number of rotatable bonds is 10. The molecule has 0 heterocycles. The van der Waals surface area contributed by atoms with Crippen LogP contribution in [0.15, 0.2) is 53.1 Å². The number of ether oxygens (including phenoxy) is 2. The van der Waals surface area contributed by atoms with Gasteiger partial charge in [0.25, 0.3) is 0 Å². The molecule has 4 heteroatoms. The molecule has 0 aliphatic rings. The van der Waals surface area contributed by atoms with Crippen LogP contribution in [0.5, 0.6) is 11.5 Å². The largest absolute Gasteiger partial charge is 0.497 e. The van der Waals surface area contributed by atoms with Gasteiger partial charge >= 0.3 is 5.97 Å². The summed E-state index contributed by atoms with van der Waals surface area (Å²) < 4.78 is 10.5. The van der Waals surface area contributed by atoms with E-state index >= 15 is 0 Å². The maximum atomic E-state index is 12.2. The maximum absolute atomic E-state index is 12.2. The van der Waals surface area contributed by atoms with Gasteiger partial charge in [-0.05, 0) is 72.4 Å². The second kappa shape index (κ2) is 12.0. The van der Waals surface area contributed by atoms with Crippen molar-refractivity contribution in [1.29, 1.82) is 0 Å². The van der Waals surface area contributed by atoms with E-state index in [1.165, 1.54) is 31.3 Å². The Balaban J connectivity index is 2.65. The fourth-order valence-electron chi connectivity index (χ4n) is 2.65. The van der Waals surface area contributed by atoms with Gasteiger partial charge in [-0.1, -0.05) is 28.9 Å². The number of hydrogen-bond donors (Lipinski definition) is 0. The van der Waals surface area contributed by atoms with Crippen LogP contribution in [0.3, 0.4) is 0 Å². The SMILES string of the molecule is COc1ccc(C(C)=O)c(OC(=O)/C=C(\C)CC/C=C(\C)CCC=C(C)C)c1. The normalized spacial score (nSPS) is 11.8. The molecular formula is C24H32O4. The molecule has 0 radical (unpaired) electrons. The summed E-state index contributed by atoms with van der Waals surface area (Å²) >= 11 is 0. The summed E-state index contributed by atoms with van der Waals surface area (Å²) in [6.45, 7) is 9.70. The van der Waals surface area contributed by atoms with Crippen molar-refractivity contribution in [3.05, 3.63) is 58.7 Å². The third-order valence-corrected chi connectivity index (χ3v) is 4.27. The summed E-state index contributed by atoms with van der Waals surface area (Å²) in [6.07, 6.45) is 9.73. The van der Waals surface area contributed by atoms with Crippen LogP contribution in [0.4, 0.5) is 0 Å². The Morgan fingerprint density at radius 3 is 2.18 bits per heavy atom. The molecule has 0 fully saturated rings. The van der Waals surface area contributed by atoms with Crippen LogP contribution in [0, 0.1) is 0 Å². The topological polar surface area (TPSA) is 52.6 Å². The Kier molecular flexibility index (Phi) is 10.0. The van der Waals surface area contributed by atoms with Gasteiger partial charge in [0.2, 0.25) is 0 Å². The minimum atomic E-state index is -0.488. The fraction of sp³-hybridized carbons (Fsp3) is 0.417. The molecule has 152 valence electrons. The predicted molar refractivity (Wildman–Crippen MR) is 114 cm³/mol. The monoisotopic (exact) mass is 384 g/mol. The van der Waals surface area contributed by atoms with Gasteiger partial charge in [-0.2, -0.15) is 0 Å². The number of methoxy groups -OCH3 is 1. The number of carbonyl (C=O) groups excluding carboxylic acids is 2. The smallest absolute Gasteiger partial charge is 0.336 e. The molecule has 0 N–H and O–H groups in total. The first-order valence-corrected chi connectivity index (χ1v) is 9.60. The first kappa shape index (κ1) is 23.4. The van der Waals surface area contributed by atoms with Crippen molar-refractivity contribution in [1.82, 2.24) is 0 Å². The zero-order valence-electron chi connectivity index (χ0n) is 17.9. The van der Waals surface area contributed by atoms with Crippen molar-refractivity contribution >= 4 is 11.8 Å². The van der Waals surface area contributed by atoms with E-state index in [-0.39, 0.29) is 11.5 Å². The molecule has 0 unspecified atom stereocenters. The van der Waals surface area contributed by atoms with E-state index in [2.05, 4.69) is 32.9 Å². The van der Waals surface area contributed by atoms with E-state index in [1.807, 2.05) is 6.92 Å². The van der Waals surface area contributed by atoms with Gasteiger partial charge in [0.05, 0.1) is 12.7 Å². The maximum Gasteiger partial charge on any atom is 0.336 e. The van der Waals surface area contributed by atoms with E-state index in [9.17, 15) is 9.59 Å². The van der Waals surface area contributed by atoms with Crippen LogP contribution < -0.4 is 9.47 Å². The number of esters is 1. The fourth-order valence-corrected chi connectivity index (χ4v) is 2.65. The molecule has 0 aliphatic heterocycles. The summed E-state index contributed by atoms with van der Waals surface area (Å²) in [6, 6.07) is 4.82. The van der Waals surface area contributed by atoms with E-state index < -0.39 is 5.97 Å². The van der Waals surface area contributed by atoms with E-state index in [4.69, 9.17) is 9.47 Å². The van der Waals surface area contributed by atoms with Crippen molar-refractivity contribution < 1.29 is 19.1 Å². The minimum Gasteiger partial charge on any atom is -0.497 e. The van der Waals surface area contributed by atoms with Crippen LogP contribution in [-0.2, 0) is 4.79 Å². The van der Waals surface area contributed by atoms with Gasteiger partial charge in [0, 0.05) is 12.1 Å². The molecule has 0 spiro atoms. The lowest BCUT2D eigenvalue weighted by Gasteiger charge is -2.09. The van der Waals surface area contributed by atoms with Crippen LogP contribution in [0.1, 0.15) is 70.7 Å². The average molecular weight is 385 g/mol. The molecule has 0 atom stereocenters. The first-order valence-electron chi connectivity index (χ1n) is 9.60. The first-order chi connectivity index (χ1) is 13.2. The van der Waals surface area contributed by atoms with Crippen molar-refractivity contribution in [3.8, 4) is 11.5 Å². The van der Waals surface area contributed by atoms with E-state index in [0.717, 1.165) is 31.3 Å². The molecule has 28 heavy (non-hydrogen) atoms. The molecule has 0 aliphatic carbocycles. The van der Waals surface area contributed by atoms with Gasteiger partial charge in [-0.15, -0.1) is 0 Å². The van der Waals surface area contributed by atoms with Crippen molar-refractivity contribution in [3.63, 3.8) is 0 Å². The zero-order valence-corrected chi connectivity index (χ0v) is 17.9. The third-order valence-electron chi connectivity index (χ3n) is 4.27. The number of hydrogen-bond acceptors (Lipinski definition) is 4. The average Bonchev–Trinajstić information content (AvgIpc) is 2.60. The lowest BCUT2D eigenvalue weighted by molar-refractivity contribution is -0.129. The Bertz CT molecular complexity index is 778. The molecule has 0 saturated heterocycles. The lowest BCUT2D eigenvalue weighted by atomic mass is 10.1. The summed E-state index contributed by atoms with van der Waals surface area (Å²) in [5.41, 5.74) is 3.99. The molecule has 1 aromatic carbocycles. The molecule has 0 amide bonds. The number of carbonyl (C=O) groups is 2. The van der Waals surface area contributed by atoms with Gasteiger partial charge in [0.1, 0.15) is 11.5 Å². The van der Waals surface area contributed by atoms with Crippen LogP contribution in [0.2, 0.25) is 0 Å². The summed E-state index contributed by atoms with van der Waals surface area (Å²) in [4.78, 5) is 24.0. The molecule has 0 saturated carbocycles. The zero-order chi connectivity index (χ0) is 21.1. The van der Waals surface area contributed by atoms with Crippen LogP contribution >= 0.6 is 0 Å². The Morgan fingerprint density at radius 2 is 1.57 bits per heavy atom. The molecule has 1 aromatic rings. The molecule has 4 nitrogen and oxygen atoms in total. The summed E-state index contributed by atoms with van der Waals surface area (Å²) in [5.74, 6) is 0.0931. The van der Waals surface area contributed by atoms with E-state index in [0.29, 0.717) is 11.3 Å². The summed E-state index contributed by atoms with van der Waals surface area (Å²) in [7, 11) is 1.52. The second-order valence-corrected chi connectivity index (χ2v) is 7.24. The van der Waals surface area contributed by atoms with Gasteiger partial charge in [-0.25, -0.2) is 4.79 Å². The minimum absolute atomic E-state index is 0.167. The molecule has 1 rings (SSSR count). The second-order valence-electron chi connectivity index (χ2n) is 7.24. The lowest BCUT2D eigenvalue weighted by Crippen LogP contribution is -2.08. The Morgan fingerprint density at radius 1 is 0.929 bits per heavy atom. The third kappa shape index (κ3) is 8.85. The van der Waals surface area contributed by atoms with E-state index in [1.54, 1.807) is 18.2 Å². The van der Waals surface area contributed by atoms with Gasteiger partial charge < -0.3 is 9.47 Å². The molecule has 0 aromatic heterocycles. The molecular weight excluding hydrogens is 352 g/mol.